The van der Waals surface area contributed by atoms with Gasteiger partial charge in [-0.05, 0) is 25.5 Å². The maximum absolute atomic E-state index is 13.2. The largest absolute Gasteiger partial charge is 0.420 e. The van der Waals surface area contributed by atoms with Crippen LogP contribution in [-0.2, 0) is 19.4 Å². The molecule has 0 radical (unpaired) electrons. The number of nitrogens with zero attached hydrogens (tertiary/aromatic N) is 3. The van der Waals surface area contributed by atoms with Gasteiger partial charge < -0.3 is 14.1 Å². The van der Waals surface area contributed by atoms with E-state index in [1.54, 1.807) is 33.3 Å². The van der Waals surface area contributed by atoms with Crippen LogP contribution >= 0.6 is 24.0 Å². The summed E-state index contributed by atoms with van der Waals surface area (Å²) >= 11 is 6.43. The summed E-state index contributed by atoms with van der Waals surface area (Å²) in [4.78, 5) is 20.4. The fraction of sp³-hybridized carbons (Fsp3) is 0.350. The van der Waals surface area contributed by atoms with E-state index in [2.05, 4.69) is 4.98 Å². The maximum Gasteiger partial charge on any atom is 0.266 e. The van der Waals surface area contributed by atoms with Crippen LogP contribution < -0.4 is 4.90 Å². The van der Waals surface area contributed by atoms with E-state index in [0.717, 1.165) is 17.3 Å². The lowest BCUT2D eigenvalue weighted by Gasteiger charge is -2.13. The first-order valence-corrected chi connectivity index (χ1v) is 12.1. The van der Waals surface area contributed by atoms with Crippen molar-refractivity contribution in [3.63, 3.8) is 0 Å². The Morgan fingerprint density at radius 3 is 2.58 bits per heavy atom. The lowest BCUT2D eigenvalue weighted by Crippen LogP contribution is -2.29. The van der Waals surface area contributed by atoms with Crippen molar-refractivity contribution in [2.75, 3.05) is 39.3 Å². The summed E-state index contributed by atoms with van der Waals surface area (Å²) in [7, 11) is 1.00. The predicted molar refractivity (Wildman–Crippen MR) is 124 cm³/mol. The second-order valence-electron chi connectivity index (χ2n) is 7.05. The number of hydrogen-bond donors (Lipinski definition) is 0. The zero-order valence-corrected chi connectivity index (χ0v) is 20.1. The van der Waals surface area contributed by atoms with E-state index in [-0.39, 0.29) is 27.6 Å². The molecule has 1 fully saturated rings. The molecule has 0 aliphatic carbocycles. The molecule has 0 spiro atoms. The second-order valence-corrected chi connectivity index (χ2v) is 10.6. The van der Waals surface area contributed by atoms with Gasteiger partial charge >= 0.3 is 0 Å². The Bertz CT molecular complexity index is 1120. The van der Waals surface area contributed by atoms with Gasteiger partial charge in [0.1, 0.15) is 4.32 Å². The summed E-state index contributed by atoms with van der Waals surface area (Å²) in [5, 5.41) is -0.205. The Kier molecular flexibility index (Phi) is 7.20. The fourth-order valence-corrected chi connectivity index (χ4v) is 5.49. The van der Waals surface area contributed by atoms with Crippen LogP contribution in [0, 0.1) is 6.92 Å². The molecule has 3 rings (SSSR count). The molecule has 1 amide bonds. The molecule has 31 heavy (non-hydrogen) atoms. The molecule has 2 heterocycles. The topological polar surface area (TPSA) is 92.9 Å². The lowest BCUT2D eigenvalue weighted by molar-refractivity contribution is -0.122. The molecule has 1 aliphatic rings. The van der Waals surface area contributed by atoms with Gasteiger partial charge in [0.05, 0.1) is 9.80 Å². The first-order chi connectivity index (χ1) is 14.6. The van der Waals surface area contributed by atoms with Gasteiger partial charge in [-0.1, -0.05) is 41.7 Å². The molecule has 1 aliphatic heterocycles. The van der Waals surface area contributed by atoms with Crippen LogP contribution in [-0.4, -0.2) is 62.9 Å². The summed E-state index contributed by atoms with van der Waals surface area (Å²) in [6, 6.07) is 6.50. The number of methoxy groups -OCH3 is 1. The van der Waals surface area contributed by atoms with Crippen LogP contribution in [0.2, 0.25) is 0 Å². The lowest BCUT2D eigenvalue weighted by atomic mass is 10.2. The van der Waals surface area contributed by atoms with Gasteiger partial charge in [0.2, 0.25) is 26.6 Å². The summed E-state index contributed by atoms with van der Waals surface area (Å²) in [6.45, 7) is 2.83. The van der Waals surface area contributed by atoms with Crippen molar-refractivity contribution < 1.29 is 22.4 Å². The molecule has 166 valence electrons. The number of rotatable bonds is 8. The van der Waals surface area contributed by atoms with Crippen molar-refractivity contribution in [1.29, 1.82) is 0 Å². The minimum absolute atomic E-state index is 0.0202. The average Bonchev–Trinajstić information content (AvgIpc) is 3.26. The second kappa shape index (κ2) is 9.51. The number of aromatic nitrogens is 1. The van der Waals surface area contributed by atoms with Gasteiger partial charge in [-0.15, -0.1) is 0 Å². The van der Waals surface area contributed by atoms with Gasteiger partial charge in [-0.3, -0.25) is 9.69 Å². The number of aryl methyl sites for hydroxylation is 1. The Morgan fingerprint density at radius 1 is 1.29 bits per heavy atom. The zero-order valence-electron chi connectivity index (χ0n) is 17.6. The van der Waals surface area contributed by atoms with Gasteiger partial charge in [-0.25, -0.2) is 8.42 Å². The number of anilines is 1. The van der Waals surface area contributed by atoms with Crippen molar-refractivity contribution in [3.05, 3.63) is 40.6 Å². The highest BCUT2D eigenvalue weighted by Crippen LogP contribution is 2.35. The van der Waals surface area contributed by atoms with E-state index in [4.69, 9.17) is 21.4 Å². The number of benzene rings is 1. The van der Waals surface area contributed by atoms with Crippen LogP contribution in [0.25, 0.3) is 6.08 Å². The zero-order chi connectivity index (χ0) is 22.8. The number of ether oxygens (including phenoxy) is 1. The Hall–Kier alpha value is -2.21. The third-order valence-corrected chi connectivity index (χ3v) is 7.49. The highest BCUT2D eigenvalue weighted by Gasteiger charge is 2.33. The van der Waals surface area contributed by atoms with Crippen molar-refractivity contribution in [1.82, 2.24) is 9.88 Å². The Labute approximate surface area is 191 Å². The minimum Gasteiger partial charge on any atom is -0.420 e. The molecule has 2 aromatic rings. The number of amides is 1. The van der Waals surface area contributed by atoms with Gasteiger partial charge in [0, 0.05) is 40.4 Å². The smallest absolute Gasteiger partial charge is 0.266 e. The summed E-state index contributed by atoms with van der Waals surface area (Å²) < 4.78 is 37.5. The first kappa shape index (κ1) is 23.5. The van der Waals surface area contributed by atoms with Crippen molar-refractivity contribution >= 4 is 56.0 Å². The number of thiocarbonyl (C=S) groups is 1. The van der Waals surface area contributed by atoms with Crippen molar-refractivity contribution in [2.24, 2.45) is 0 Å². The van der Waals surface area contributed by atoms with Gasteiger partial charge in [-0.2, -0.15) is 4.98 Å². The SMILES string of the molecule is COCCCN1C(=O)C(=Cc2nc(S(=O)(=O)c3ccc(C)cc3)c(N(C)C)o2)SC1=S. The third-order valence-electron chi connectivity index (χ3n) is 4.45. The molecule has 0 unspecified atom stereocenters. The molecule has 1 saturated heterocycles. The normalized spacial score (nSPS) is 15.9. The minimum atomic E-state index is -3.91. The van der Waals surface area contributed by atoms with Gasteiger partial charge in [0.25, 0.3) is 5.91 Å². The van der Waals surface area contributed by atoms with Gasteiger partial charge in [0.15, 0.2) is 0 Å². The molecule has 1 aromatic heterocycles. The molecule has 0 N–H and O–H groups in total. The number of thioether (sulfide) groups is 1. The van der Waals surface area contributed by atoms with Crippen LogP contribution in [0.5, 0.6) is 0 Å². The number of carbonyl (C=O) groups excluding carboxylic acids is 1. The number of hydrogen-bond acceptors (Lipinski definition) is 9. The Balaban J connectivity index is 1.95. The first-order valence-electron chi connectivity index (χ1n) is 9.39. The van der Waals surface area contributed by atoms with Crippen molar-refractivity contribution in [2.45, 2.75) is 23.3 Å². The quantitative estimate of drug-likeness (QED) is 0.320. The van der Waals surface area contributed by atoms with Crippen LogP contribution in [0.1, 0.15) is 17.9 Å². The summed E-state index contributed by atoms with van der Waals surface area (Å²) in [5.74, 6) is -0.159. The van der Waals surface area contributed by atoms with Crippen LogP contribution in [0.15, 0.2) is 43.5 Å². The standard InChI is InChI=1S/C20H23N3O5S3/c1-13-6-8-14(9-7-13)31(25,26)17-19(22(2)3)28-16(21-17)12-15-18(24)23(20(29)30-15)10-5-11-27-4/h6-9,12H,5,10-11H2,1-4H3. The van der Waals surface area contributed by atoms with E-state index < -0.39 is 9.84 Å². The molecule has 11 heteroatoms. The molecular weight excluding hydrogens is 458 g/mol. The monoisotopic (exact) mass is 481 g/mol. The fourth-order valence-electron chi connectivity index (χ4n) is 2.83. The van der Waals surface area contributed by atoms with E-state index in [1.165, 1.54) is 28.0 Å². The van der Waals surface area contributed by atoms with E-state index >= 15 is 0 Å². The van der Waals surface area contributed by atoms with E-state index in [1.807, 2.05) is 6.92 Å². The molecular formula is C20H23N3O5S3. The van der Waals surface area contributed by atoms with Crippen LogP contribution in [0.3, 0.4) is 0 Å². The molecule has 0 bridgehead atoms. The molecule has 8 nitrogen and oxygen atoms in total. The summed E-state index contributed by atoms with van der Waals surface area (Å²) in [6.07, 6.45) is 2.08. The molecule has 1 aromatic carbocycles. The third kappa shape index (κ3) is 5.00. The molecule has 0 atom stereocenters. The predicted octanol–water partition coefficient (Wildman–Crippen LogP) is 3.12. The van der Waals surface area contributed by atoms with Crippen molar-refractivity contribution in [3.8, 4) is 0 Å². The maximum atomic E-state index is 13.2. The number of carbonyl (C=O) groups is 1. The number of sulfone groups is 1. The van der Waals surface area contributed by atoms with E-state index in [9.17, 15) is 13.2 Å². The van der Waals surface area contributed by atoms with Crippen LogP contribution in [0.4, 0.5) is 5.88 Å². The highest BCUT2D eigenvalue weighted by molar-refractivity contribution is 8.26. The Morgan fingerprint density at radius 2 is 1.97 bits per heavy atom. The molecule has 0 saturated carbocycles. The highest BCUT2D eigenvalue weighted by atomic mass is 32.2. The summed E-state index contributed by atoms with van der Waals surface area (Å²) in [5.41, 5.74) is 0.945. The average molecular weight is 482 g/mol. The number of oxazole rings is 1. The van der Waals surface area contributed by atoms with E-state index in [0.29, 0.717) is 28.8 Å².